The molecule has 1 aromatic heterocycles. The highest BCUT2D eigenvalue weighted by atomic mass is 14.8. The van der Waals surface area contributed by atoms with Crippen LogP contribution < -0.4 is 0 Å². The molecule has 0 spiro atoms. The molecule has 1 atom stereocenters. The van der Waals surface area contributed by atoms with Crippen molar-refractivity contribution < 1.29 is 0 Å². The Bertz CT molecular complexity index is 182. The lowest BCUT2D eigenvalue weighted by molar-refractivity contribution is 0.682. The fourth-order valence-corrected chi connectivity index (χ4v) is 0.747. The van der Waals surface area contributed by atoms with Crippen molar-refractivity contribution in [2.24, 2.45) is 5.92 Å². The summed E-state index contributed by atoms with van der Waals surface area (Å²) in [5.41, 5.74) is 0. The maximum Gasteiger partial charge on any atom is 0.128 e. The molecule has 0 saturated carbocycles. The Kier molecular flexibility index (Phi) is 2.37. The fourth-order valence-electron chi connectivity index (χ4n) is 0.747. The zero-order chi connectivity index (χ0) is 7.40. The van der Waals surface area contributed by atoms with Gasteiger partial charge in [0, 0.05) is 18.8 Å². The molecule has 0 aromatic carbocycles. The van der Waals surface area contributed by atoms with Crippen molar-refractivity contribution in [1.82, 2.24) is 9.97 Å². The summed E-state index contributed by atoms with van der Waals surface area (Å²) in [6.07, 6.45) is 4.37. The summed E-state index contributed by atoms with van der Waals surface area (Å²) in [6, 6.07) is 1.82. The van der Waals surface area contributed by atoms with Gasteiger partial charge in [-0.3, -0.25) is 0 Å². The van der Waals surface area contributed by atoms with Crippen molar-refractivity contribution in [3.8, 4) is 0 Å². The summed E-state index contributed by atoms with van der Waals surface area (Å²) in [6.45, 7) is 5.91. The molecule has 53 valence electrons. The molecule has 0 N–H and O–H groups in total. The number of rotatable bonds is 2. The van der Waals surface area contributed by atoms with Gasteiger partial charge in [-0.25, -0.2) is 9.97 Å². The van der Waals surface area contributed by atoms with Gasteiger partial charge in [-0.15, -0.1) is 0 Å². The van der Waals surface area contributed by atoms with Crippen molar-refractivity contribution in [3.05, 3.63) is 31.2 Å². The molecule has 1 heterocycles. The van der Waals surface area contributed by atoms with Gasteiger partial charge in [0.15, 0.2) is 0 Å². The van der Waals surface area contributed by atoms with Crippen LogP contribution in [-0.4, -0.2) is 9.97 Å². The van der Waals surface area contributed by atoms with E-state index in [1.165, 1.54) is 0 Å². The topological polar surface area (TPSA) is 25.8 Å². The van der Waals surface area contributed by atoms with Gasteiger partial charge in [0.25, 0.3) is 0 Å². The summed E-state index contributed by atoms with van der Waals surface area (Å²) >= 11 is 0. The Morgan fingerprint density at radius 1 is 1.50 bits per heavy atom. The van der Waals surface area contributed by atoms with Gasteiger partial charge < -0.3 is 0 Å². The third-order valence-corrected chi connectivity index (χ3v) is 1.15. The third-order valence-electron chi connectivity index (χ3n) is 1.15. The minimum Gasteiger partial charge on any atom is -0.241 e. The Hall–Kier alpha value is -0.920. The molecule has 0 saturated heterocycles. The van der Waals surface area contributed by atoms with Crippen molar-refractivity contribution in [1.29, 1.82) is 0 Å². The normalized spacial score (nSPS) is 10.3. The van der Waals surface area contributed by atoms with Gasteiger partial charge in [-0.2, -0.15) is 0 Å². The van der Waals surface area contributed by atoms with E-state index in [0.717, 1.165) is 12.2 Å². The van der Waals surface area contributed by atoms with E-state index < -0.39 is 0 Å². The molecule has 0 aliphatic rings. The maximum absolute atomic E-state index is 4.07. The number of aromatic nitrogens is 2. The lowest BCUT2D eigenvalue weighted by Gasteiger charge is -2.00. The molecule has 0 amide bonds. The van der Waals surface area contributed by atoms with Crippen LogP contribution in [0.25, 0.3) is 0 Å². The average molecular weight is 135 g/mol. The lowest BCUT2D eigenvalue weighted by Crippen LogP contribution is -1.99. The summed E-state index contributed by atoms with van der Waals surface area (Å²) < 4.78 is 0. The van der Waals surface area contributed by atoms with Gasteiger partial charge >= 0.3 is 0 Å². The van der Waals surface area contributed by atoms with Gasteiger partial charge in [0.05, 0.1) is 0 Å². The fraction of sp³-hybridized carbons (Fsp3) is 0.375. The highest BCUT2D eigenvalue weighted by molar-refractivity contribution is 4.89. The maximum atomic E-state index is 4.07. The smallest absolute Gasteiger partial charge is 0.128 e. The summed E-state index contributed by atoms with van der Waals surface area (Å²) in [4.78, 5) is 8.14. The van der Waals surface area contributed by atoms with Crippen molar-refractivity contribution in [2.45, 2.75) is 13.3 Å². The highest BCUT2D eigenvalue weighted by Crippen LogP contribution is 1.99. The second kappa shape index (κ2) is 3.30. The van der Waals surface area contributed by atoms with Crippen LogP contribution in [0.15, 0.2) is 18.5 Å². The standard InChI is InChI=1S/C8H11N2/c1-7(2)6-8-9-4-3-5-10-8/h3-5,7H,1,6H2,2H3. The third kappa shape index (κ3) is 2.13. The molecule has 1 radical (unpaired) electrons. The first-order chi connectivity index (χ1) is 4.79. The molecule has 0 aliphatic heterocycles. The summed E-state index contributed by atoms with van der Waals surface area (Å²) in [7, 11) is 0. The largest absolute Gasteiger partial charge is 0.241 e. The minimum atomic E-state index is 0.391. The van der Waals surface area contributed by atoms with E-state index in [0.29, 0.717) is 5.92 Å². The summed E-state index contributed by atoms with van der Waals surface area (Å²) in [5, 5.41) is 0. The SMILES string of the molecule is [CH2]C(C)Cc1ncccn1. The Labute approximate surface area is 61.3 Å². The second-order valence-corrected chi connectivity index (χ2v) is 2.47. The van der Waals surface area contributed by atoms with E-state index in [2.05, 4.69) is 23.8 Å². The molecule has 2 heteroatoms. The molecule has 0 fully saturated rings. The predicted octanol–water partition coefficient (Wildman–Crippen LogP) is 1.49. The molecule has 2 nitrogen and oxygen atoms in total. The van der Waals surface area contributed by atoms with Gasteiger partial charge in [-0.05, 0) is 12.0 Å². The van der Waals surface area contributed by atoms with Crippen LogP contribution in [0.5, 0.6) is 0 Å². The molecule has 1 unspecified atom stereocenters. The van der Waals surface area contributed by atoms with Crippen molar-refractivity contribution in [3.63, 3.8) is 0 Å². The molecule has 0 bridgehead atoms. The van der Waals surface area contributed by atoms with E-state index in [-0.39, 0.29) is 0 Å². The van der Waals surface area contributed by atoms with Crippen LogP contribution in [0.2, 0.25) is 0 Å². The zero-order valence-electron chi connectivity index (χ0n) is 6.12. The molecule has 1 rings (SSSR count). The Balaban J connectivity index is 2.59. The van der Waals surface area contributed by atoms with E-state index in [9.17, 15) is 0 Å². The van der Waals surface area contributed by atoms with Crippen LogP contribution in [0.3, 0.4) is 0 Å². The van der Waals surface area contributed by atoms with E-state index in [4.69, 9.17) is 0 Å². The highest BCUT2D eigenvalue weighted by Gasteiger charge is 1.97. The van der Waals surface area contributed by atoms with Crippen molar-refractivity contribution in [2.75, 3.05) is 0 Å². The van der Waals surface area contributed by atoms with Crippen LogP contribution in [0, 0.1) is 12.8 Å². The Morgan fingerprint density at radius 2 is 2.10 bits per heavy atom. The first kappa shape index (κ1) is 7.19. The monoisotopic (exact) mass is 135 g/mol. The molecular weight excluding hydrogens is 124 g/mol. The molecule has 1 aromatic rings. The quantitative estimate of drug-likeness (QED) is 0.614. The van der Waals surface area contributed by atoms with Gasteiger partial charge in [-0.1, -0.05) is 13.8 Å². The second-order valence-electron chi connectivity index (χ2n) is 2.47. The summed E-state index contributed by atoms with van der Waals surface area (Å²) in [5.74, 6) is 1.27. The first-order valence-corrected chi connectivity index (χ1v) is 3.38. The Morgan fingerprint density at radius 3 is 2.60 bits per heavy atom. The number of hydrogen-bond acceptors (Lipinski definition) is 2. The van der Waals surface area contributed by atoms with E-state index in [1.54, 1.807) is 12.4 Å². The first-order valence-electron chi connectivity index (χ1n) is 3.38. The molecular formula is C8H11N2. The van der Waals surface area contributed by atoms with Crippen LogP contribution in [-0.2, 0) is 6.42 Å². The number of nitrogens with zero attached hydrogens (tertiary/aromatic N) is 2. The minimum absolute atomic E-state index is 0.391. The average Bonchev–Trinajstić information content (AvgIpc) is 1.88. The number of hydrogen-bond donors (Lipinski definition) is 0. The van der Waals surface area contributed by atoms with Crippen LogP contribution in [0.4, 0.5) is 0 Å². The zero-order valence-corrected chi connectivity index (χ0v) is 6.12. The van der Waals surface area contributed by atoms with E-state index >= 15 is 0 Å². The predicted molar refractivity (Wildman–Crippen MR) is 40.3 cm³/mol. The van der Waals surface area contributed by atoms with Crippen LogP contribution in [0.1, 0.15) is 12.7 Å². The van der Waals surface area contributed by atoms with Gasteiger partial charge in [0.1, 0.15) is 5.82 Å². The van der Waals surface area contributed by atoms with Crippen molar-refractivity contribution >= 4 is 0 Å². The molecule has 10 heavy (non-hydrogen) atoms. The lowest BCUT2D eigenvalue weighted by atomic mass is 10.1. The molecule has 0 aliphatic carbocycles. The van der Waals surface area contributed by atoms with E-state index in [1.807, 2.05) is 6.07 Å². The van der Waals surface area contributed by atoms with Crippen LogP contribution >= 0.6 is 0 Å². The van der Waals surface area contributed by atoms with Gasteiger partial charge in [0.2, 0.25) is 0 Å².